The molecule has 0 spiro atoms. The van der Waals surface area contributed by atoms with Crippen molar-refractivity contribution in [1.29, 1.82) is 0 Å². The van der Waals surface area contributed by atoms with Crippen molar-refractivity contribution in [3.63, 3.8) is 0 Å². The smallest absolute Gasteiger partial charge is 0.321 e. The molecule has 0 radical (unpaired) electrons. The van der Waals surface area contributed by atoms with Gasteiger partial charge in [-0.15, -0.1) is 0 Å². The SMILES string of the molecule is CC(C)CC(NS(=O)(=O)C1CCOCC1)C(=O)O. The van der Waals surface area contributed by atoms with Crippen molar-refractivity contribution in [3.05, 3.63) is 0 Å². The van der Waals surface area contributed by atoms with Gasteiger partial charge in [-0.1, -0.05) is 13.8 Å². The molecule has 1 unspecified atom stereocenters. The highest BCUT2D eigenvalue weighted by atomic mass is 32.2. The van der Waals surface area contributed by atoms with Gasteiger partial charge in [0, 0.05) is 13.2 Å². The number of sulfonamides is 1. The molecule has 1 atom stereocenters. The van der Waals surface area contributed by atoms with Crippen molar-refractivity contribution in [2.24, 2.45) is 5.92 Å². The van der Waals surface area contributed by atoms with E-state index in [4.69, 9.17) is 9.84 Å². The van der Waals surface area contributed by atoms with Crippen LogP contribution in [0.25, 0.3) is 0 Å². The minimum absolute atomic E-state index is 0.114. The zero-order valence-corrected chi connectivity index (χ0v) is 11.6. The highest BCUT2D eigenvalue weighted by Gasteiger charge is 2.32. The maximum atomic E-state index is 12.1. The summed E-state index contributed by atoms with van der Waals surface area (Å²) in [6.45, 7) is 4.54. The van der Waals surface area contributed by atoms with Gasteiger partial charge in [-0.05, 0) is 25.2 Å². The number of carboxylic acids is 1. The molecule has 18 heavy (non-hydrogen) atoms. The molecule has 0 aromatic heterocycles. The van der Waals surface area contributed by atoms with Crippen molar-refractivity contribution in [2.45, 2.75) is 44.4 Å². The average molecular weight is 279 g/mol. The minimum Gasteiger partial charge on any atom is -0.480 e. The van der Waals surface area contributed by atoms with E-state index < -0.39 is 27.3 Å². The van der Waals surface area contributed by atoms with Crippen LogP contribution < -0.4 is 4.72 Å². The van der Waals surface area contributed by atoms with E-state index >= 15 is 0 Å². The molecule has 1 aliphatic heterocycles. The number of nitrogens with one attached hydrogen (secondary N) is 1. The molecule has 7 heteroatoms. The highest BCUT2D eigenvalue weighted by Crippen LogP contribution is 2.16. The van der Waals surface area contributed by atoms with Gasteiger partial charge >= 0.3 is 5.97 Å². The van der Waals surface area contributed by atoms with Gasteiger partial charge in [0.25, 0.3) is 0 Å². The van der Waals surface area contributed by atoms with Gasteiger partial charge in [0.05, 0.1) is 5.25 Å². The maximum Gasteiger partial charge on any atom is 0.321 e. The van der Waals surface area contributed by atoms with Crippen LogP contribution in [0.15, 0.2) is 0 Å². The minimum atomic E-state index is -3.58. The van der Waals surface area contributed by atoms with Gasteiger partial charge in [-0.3, -0.25) is 4.79 Å². The van der Waals surface area contributed by atoms with Crippen molar-refractivity contribution >= 4 is 16.0 Å². The third-order valence-corrected chi connectivity index (χ3v) is 4.88. The molecule has 1 aliphatic rings. The molecule has 0 aromatic carbocycles. The lowest BCUT2D eigenvalue weighted by Crippen LogP contribution is -2.47. The van der Waals surface area contributed by atoms with E-state index in [-0.39, 0.29) is 12.3 Å². The van der Waals surface area contributed by atoms with E-state index in [0.717, 1.165) is 0 Å². The Kier molecular flexibility index (Phi) is 5.55. The van der Waals surface area contributed by atoms with E-state index in [0.29, 0.717) is 26.1 Å². The maximum absolute atomic E-state index is 12.1. The number of aliphatic carboxylic acids is 1. The highest BCUT2D eigenvalue weighted by molar-refractivity contribution is 7.90. The predicted molar refractivity (Wildman–Crippen MR) is 66.8 cm³/mol. The predicted octanol–water partition coefficient (Wildman–Crippen LogP) is 0.584. The molecule has 1 heterocycles. The van der Waals surface area contributed by atoms with Crippen molar-refractivity contribution in [3.8, 4) is 0 Å². The summed E-state index contributed by atoms with van der Waals surface area (Å²) in [6, 6.07) is -1.04. The van der Waals surface area contributed by atoms with Crippen molar-refractivity contribution < 1.29 is 23.1 Å². The second kappa shape index (κ2) is 6.49. The van der Waals surface area contributed by atoms with Crippen molar-refractivity contribution in [2.75, 3.05) is 13.2 Å². The first kappa shape index (κ1) is 15.4. The molecule has 2 N–H and O–H groups in total. The first-order valence-electron chi connectivity index (χ1n) is 6.14. The van der Waals surface area contributed by atoms with E-state index in [2.05, 4.69) is 4.72 Å². The van der Waals surface area contributed by atoms with Gasteiger partial charge in [0.15, 0.2) is 0 Å². The molecule has 0 amide bonds. The van der Waals surface area contributed by atoms with E-state index in [1.807, 2.05) is 13.8 Å². The van der Waals surface area contributed by atoms with Crippen LogP contribution in [0.2, 0.25) is 0 Å². The van der Waals surface area contributed by atoms with Gasteiger partial charge in [-0.2, -0.15) is 0 Å². The van der Waals surface area contributed by atoms with Crippen LogP contribution in [0.5, 0.6) is 0 Å². The Morgan fingerprint density at radius 1 is 1.39 bits per heavy atom. The Balaban J connectivity index is 2.68. The molecule has 0 aromatic rings. The largest absolute Gasteiger partial charge is 0.480 e. The van der Waals surface area contributed by atoms with Gasteiger partial charge in [-0.25, -0.2) is 13.1 Å². The summed E-state index contributed by atoms with van der Waals surface area (Å²) in [5.74, 6) is -1.01. The zero-order chi connectivity index (χ0) is 13.8. The topological polar surface area (TPSA) is 92.7 Å². The second-order valence-corrected chi connectivity index (χ2v) is 6.99. The molecule has 6 nitrogen and oxygen atoms in total. The fourth-order valence-electron chi connectivity index (χ4n) is 1.95. The molecule has 1 rings (SSSR count). The Morgan fingerprint density at radius 3 is 2.39 bits per heavy atom. The Morgan fingerprint density at radius 2 is 1.94 bits per heavy atom. The molecule has 0 bridgehead atoms. The fraction of sp³-hybridized carbons (Fsp3) is 0.909. The average Bonchev–Trinajstić information content (AvgIpc) is 2.28. The number of hydrogen-bond acceptors (Lipinski definition) is 4. The van der Waals surface area contributed by atoms with Gasteiger partial charge in [0.2, 0.25) is 10.0 Å². The van der Waals surface area contributed by atoms with Crippen LogP contribution in [0.1, 0.15) is 33.1 Å². The molecular weight excluding hydrogens is 258 g/mol. The molecule has 0 aliphatic carbocycles. The van der Waals surface area contributed by atoms with Crippen LogP contribution >= 0.6 is 0 Å². The molecule has 0 saturated carbocycles. The molecule has 1 fully saturated rings. The molecule has 1 saturated heterocycles. The summed E-state index contributed by atoms with van der Waals surface area (Å²) in [6.07, 6.45) is 1.13. The number of hydrogen-bond donors (Lipinski definition) is 2. The summed E-state index contributed by atoms with van der Waals surface area (Å²) < 4.78 is 31.5. The van der Waals surface area contributed by atoms with Crippen LogP contribution in [0.4, 0.5) is 0 Å². The number of rotatable bonds is 6. The van der Waals surface area contributed by atoms with E-state index in [1.165, 1.54) is 0 Å². The lowest BCUT2D eigenvalue weighted by Gasteiger charge is -2.25. The normalized spacial score (nSPS) is 19.9. The molecular formula is C11H21NO5S. The lowest BCUT2D eigenvalue weighted by atomic mass is 10.1. The number of ether oxygens (including phenoxy) is 1. The van der Waals surface area contributed by atoms with Gasteiger partial charge < -0.3 is 9.84 Å². The Hall–Kier alpha value is -0.660. The van der Waals surface area contributed by atoms with Crippen LogP contribution in [-0.2, 0) is 19.6 Å². The number of carboxylic acid groups (broad SMARTS) is 1. The summed E-state index contributed by atoms with van der Waals surface area (Å²) in [7, 11) is -3.58. The zero-order valence-electron chi connectivity index (χ0n) is 10.8. The lowest BCUT2D eigenvalue weighted by molar-refractivity contribution is -0.139. The molecule has 106 valence electrons. The van der Waals surface area contributed by atoms with E-state index in [9.17, 15) is 13.2 Å². The summed E-state index contributed by atoms with van der Waals surface area (Å²) >= 11 is 0. The van der Waals surface area contributed by atoms with E-state index in [1.54, 1.807) is 0 Å². The monoisotopic (exact) mass is 279 g/mol. The van der Waals surface area contributed by atoms with Crippen molar-refractivity contribution in [1.82, 2.24) is 4.72 Å². The number of carbonyl (C=O) groups is 1. The van der Waals surface area contributed by atoms with Crippen LogP contribution in [0, 0.1) is 5.92 Å². The fourth-order valence-corrected chi connectivity index (χ4v) is 3.55. The summed E-state index contributed by atoms with van der Waals surface area (Å²) in [4.78, 5) is 11.0. The van der Waals surface area contributed by atoms with Crippen LogP contribution in [0.3, 0.4) is 0 Å². The third kappa shape index (κ3) is 4.55. The summed E-state index contributed by atoms with van der Waals surface area (Å²) in [5, 5.41) is 8.49. The summed E-state index contributed by atoms with van der Waals surface area (Å²) in [5.41, 5.74) is 0. The van der Waals surface area contributed by atoms with Crippen LogP contribution in [-0.4, -0.2) is 44.0 Å². The second-order valence-electron chi connectivity index (χ2n) is 4.99. The third-order valence-electron chi connectivity index (χ3n) is 2.92. The standard InChI is InChI=1S/C11H21NO5S/c1-8(2)7-10(11(13)14)12-18(15,16)9-3-5-17-6-4-9/h8-10,12H,3-7H2,1-2H3,(H,13,14). The first-order chi connectivity index (χ1) is 8.33. The van der Waals surface area contributed by atoms with Gasteiger partial charge in [0.1, 0.15) is 6.04 Å². The Bertz CT molecular complexity index is 373. The quantitative estimate of drug-likeness (QED) is 0.742. The first-order valence-corrected chi connectivity index (χ1v) is 7.69. The Labute approximate surface area is 108 Å².